The molecule has 0 saturated carbocycles. The van der Waals surface area contributed by atoms with Crippen LogP contribution in [0.1, 0.15) is 35.9 Å². The van der Waals surface area contributed by atoms with Crippen molar-refractivity contribution >= 4 is 22.8 Å². The number of Topliss-reactive ketones (excluding diaryl/α,β-unsaturated/α-hetero) is 1. The Morgan fingerprint density at radius 3 is 2.42 bits per heavy atom. The third-order valence-corrected chi connectivity index (χ3v) is 7.22. The monoisotopic (exact) mass is 515 g/mol. The predicted octanol–water partition coefficient (Wildman–Crippen LogP) is 5.32. The van der Waals surface area contributed by atoms with Gasteiger partial charge in [0.25, 0.3) is 5.69 Å². The van der Waals surface area contributed by atoms with E-state index in [4.69, 9.17) is 18.9 Å². The van der Waals surface area contributed by atoms with Crippen molar-refractivity contribution in [3.63, 3.8) is 0 Å². The lowest BCUT2D eigenvalue weighted by Crippen LogP contribution is -2.27. The molecule has 6 rings (SSSR count). The van der Waals surface area contributed by atoms with Crippen molar-refractivity contribution < 1.29 is 28.7 Å². The Balaban J connectivity index is 1.48. The number of para-hydroxylation sites is 2. The quantitative estimate of drug-likeness (QED) is 0.343. The Bertz CT molecular complexity index is 1500. The highest BCUT2D eigenvalue weighted by molar-refractivity contribution is 6.01. The van der Waals surface area contributed by atoms with Crippen molar-refractivity contribution in [1.29, 1.82) is 0 Å². The first-order valence-electron chi connectivity index (χ1n) is 12.2. The lowest BCUT2D eigenvalue weighted by Gasteiger charge is -2.30. The van der Waals surface area contributed by atoms with Gasteiger partial charge in [-0.3, -0.25) is 14.9 Å². The second kappa shape index (κ2) is 9.29. The highest BCUT2D eigenvalue weighted by atomic mass is 16.7. The van der Waals surface area contributed by atoms with Gasteiger partial charge in [0.15, 0.2) is 28.8 Å². The van der Waals surface area contributed by atoms with Gasteiger partial charge in [-0.05, 0) is 48.2 Å². The number of carbonyl (C=O) groups excluding carboxylic acids is 1. The number of nitro benzene ring substituents is 1. The SMILES string of the molecule is COc1ccc([C@H]2CC(=O)C3=C(C2)Nc2ccccc2N[C@@H]3c2cc3c(cc2[N+](=O)[O-])OCO3)cc1OC. The largest absolute Gasteiger partial charge is 0.493 e. The molecule has 0 aromatic heterocycles. The van der Waals surface area contributed by atoms with Gasteiger partial charge in [-0.25, -0.2) is 0 Å². The maximum absolute atomic E-state index is 13.9. The van der Waals surface area contributed by atoms with Gasteiger partial charge >= 0.3 is 0 Å². The number of carbonyl (C=O) groups is 1. The highest BCUT2D eigenvalue weighted by Gasteiger charge is 2.39. The zero-order valence-corrected chi connectivity index (χ0v) is 20.8. The van der Waals surface area contributed by atoms with Gasteiger partial charge < -0.3 is 29.6 Å². The maximum Gasteiger partial charge on any atom is 0.279 e. The molecule has 0 fully saturated rings. The van der Waals surface area contributed by atoms with Crippen LogP contribution in [0.3, 0.4) is 0 Å². The van der Waals surface area contributed by atoms with Crippen molar-refractivity contribution in [2.75, 3.05) is 31.6 Å². The number of nitrogens with zero attached hydrogens (tertiary/aromatic N) is 1. The van der Waals surface area contributed by atoms with Crippen LogP contribution < -0.4 is 29.6 Å². The fourth-order valence-electron chi connectivity index (χ4n) is 5.40. The topological polar surface area (TPSA) is 121 Å². The molecule has 0 amide bonds. The molecule has 2 atom stereocenters. The average molecular weight is 516 g/mol. The minimum atomic E-state index is -0.769. The van der Waals surface area contributed by atoms with Crippen LogP contribution in [0.2, 0.25) is 0 Å². The van der Waals surface area contributed by atoms with Crippen molar-refractivity contribution in [2.45, 2.75) is 24.8 Å². The average Bonchev–Trinajstić information content (AvgIpc) is 3.32. The molecular weight excluding hydrogens is 490 g/mol. The molecule has 38 heavy (non-hydrogen) atoms. The van der Waals surface area contributed by atoms with Crippen LogP contribution in [0, 0.1) is 10.1 Å². The molecule has 0 bridgehead atoms. The third kappa shape index (κ3) is 3.94. The molecule has 10 nitrogen and oxygen atoms in total. The van der Waals surface area contributed by atoms with Gasteiger partial charge in [0.05, 0.1) is 48.2 Å². The summed E-state index contributed by atoms with van der Waals surface area (Å²) in [6.45, 7) is -0.0156. The van der Waals surface area contributed by atoms with Crippen LogP contribution in [-0.2, 0) is 4.79 Å². The first-order valence-corrected chi connectivity index (χ1v) is 12.2. The van der Waals surface area contributed by atoms with Crippen molar-refractivity contribution in [3.8, 4) is 23.0 Å². The lowest BCUT2D eigenvalue weighted by molar-refractivity contribution is -0.385. The van der Waals surface area contributed by atoms with E-state index in [2.05, 4.69) is 10.6 Å². The number of methoxy groups -OCH3 is 2. The van der Waals surface area contributed by atoms with E-state index >= 15 is 0 Å². The first-order chi connectivity index (χ1) is 18.5. The molecule has 1 aliphatic carbocycles. The zero-order chi connectivity index (χ0) is 26.4. The summed E-state index contributed by atoms with van der Waals surface area (Å²) in [6, 6.07) is 15.4. The van der Waals surface area contributed by atoms with Crippen LogP contribution in [0.15, 0.2) is 65.9 Å². The zero-order valence-electron chi connectivity index (χ0n) is 20.8. The molecule has 194 valence electrons. The number of anilines is 2. The Labute approximate surface area is 218 Å². The van der Waals surface area contributed by atoms with E-state index in [-0.39, 0.29) is 30.6 Å². The molecule has 2 heterocycles. The molecule has 3 aliphatic rings. The Morgan fingerprint density at radius 2 is 1.68 bits per heavy atom. The second-order valence-electron chi connectivity index (χ2n) is 9.30. The predicted molar refractivity (Wildman–Crippen MR) is 139 cm³/mol. The van der Waals surface area contributed by atoms with E-state index in [1.165, 1.54) is 6.07 Å². The lowest BCUT2D eigenvalue weighted by atomic mass is 9.78. The smallest absolute Gasteiger partial charge is 0.279 e. The number of ketones is 1. The fourth-order valence-corrected chi connectivity index (χ4v) is 5.40. The number of ether oxygens (including phenoxy) is 4. The number of benzene rings is 3. The summed E-state index contributed by atoms with van der Waals surface area (Å²) < 4.78 is 21.8. The Hall–Kier alpha value is -4.73. The summed E-state index contributed by atoms with van der Waals surface area (Å²) in [6.07, 6.45) is 0.768. The molecule has 0 unspecified atom stereocenters. The van der Waals surface area contributed by atoms with Crippen LogP contribution in [-0.4, -0.2) is 31.7 Å². The maximum atomic E-state index is 13.9. The molecular formula is C28H25N3O7. The summed E-state index contributed by atoms with van der Waals surface area (Å²) in [7, 11) is 3.15. The molecule has 3 aromatic rings. The molecule has 0 saturated heterocycles. The van der Waals surface area contributed by atoms with Gasteiger partial charge in [-0.2, -0.15) is 0 Å². The van der Waals surface area contributed by atoms with Gasteiger partial charge in [-0.15, -0.1) is 0 Å². The number of fused-ring (bicyclic) bond motifs is 2. The Morgan fingerprint density at radius 1 is 0.947 bits per heavy atom. The van der Waals surface area contributed by atoms with Crippen molar-refractivity contribution in [1.82, 2.24) is 0 Å². The fraction of sp³-hybridized carbons (Fsp3) is 0.250. The molecule has 3 aromatic carbocycles. The van der Waals surface area contributed by atoms with E-state index < -0.39 is 11.0 Å². The van der Waals surface area contributed by atoms with E-state index in [1.54, 1.807) is 20.3 Å². The van der Waals surface area contributed by atoms with Crippen LogP contribution in [0.5, 0.6) is 23.0 Å². The van der Waals surface area contributed by atoms with Gasteiger partial charge in [0, 0.05) is 17.7 Å². The van der Waals surface area contributed by atoms with E-state index in [1.807, 2.05) is 42.5 Å². The van der Waals surface area contributed by atoms with Gasteiger partial charge in [-0.1, -0.05) is 18.2 Å². The summed E-state index contributed by atoms with van der Waals surface area (Å²) >= 11 is 0. The molecule has 2 aliphatic heterocycles. The normalized spacial score (nSPS) is 19.5. The summed E-state index contributed by atoms with van der Waals surface area (Å²) in [5.74, 6) is 1.70. The number of rotatable bonds is 5. The standard InChI is InChI=1S/C28H25N3O7/c1-35-23-8-7-15(11-24(23)36-2)16-9-20-27(22(32)10-16)28(30-19-6-4-3-5-18(19)29-20)17-12-25-26(38-14-37-25)13-21(17)31(33)34/h3-8,11-13,16,28-30H,9-10,14H2,1-2H3/t16-,28-/m1/s1. The van der Waals surface area contributed by atoms with Crippen LogP contribution >= 0.6 is 0 Å². The highest BCUT2D eigenvalue weighted by Crippen LogP contribution is 2.48. The minimum Gasteiger partial charge on any atom is -0.493 e. The third-order valence-electron chi connectivity index (χ3n) is 7.22. The number of nitrogens with one attached hydrogen (secondary N) is 2. The molecule has 0 radical (unpaired) electrons. The number of nitro groups is 1. The van der Waals surface area contributed by atoms with Crippen molar-refractivity contribution in [2.24, 2.45) is 0 Å². The van der Waals surface area contributed by atoms with E-state index in [0.29, 0.717) is 40.6 Å². The molecule has 2 N–H and O–H groups in total. The van der Waals surface area contributed by atoms with Crippen molar-refractivity contribution in [3.05, 3.63) is 87.1 Å². The summed E-state index contributed by atoms with van der Waals surface area (Å²) in [4.78, 5) is 25.5. The molecule has 0 spiro atoms. The second-order valence-corrected chi connectivity index (χ2v) is 9.30. The van der Waals surface area contributed by atoms with E-state index in [0.717, 1.165) is 22.6 Å². The summed E-state index contributed by atoms with van der Waals surface area (Å²) in [5.41, 5.74) is 3.84. The van der Waals surface area contributed by atoms with Gasteiger partial charge in [0.2, 0.25) is 6.79 Å². The Kier molecular flexibility index (Phi) is 5.79. The van der Waals surface area contributed by atoms with E-state index in [9.17, 15) is 14.9 Å². The molecule has 10 heteroatoms. The number of hydrogen-bond donors (Lipinski definition) is 2. The van der Waals surface area contributed by atoms with Crippen LogP contribution in [0.25, 0.3) is 0 Å². The first kappa shape index (κ1) is 23.7. The number of hydrogen-bond acceptors (Lipinski definition) is 9. The van der Waals surface area contributed by atoms with Crippen LogP contribution in [0.4, 0.5) is 17.1 Å². The van der Waals surface area contributed by atoms with Gasteiger partial charge in [0.1, 0.15) is 0 Å². The summed E-state index contributed by atoms with van der Waals surface area (Å²) in [5, 5.41) is 19.0. The minimum absolute atomic E-state index is 0.0156. The number of allylic oxidation sites excluding steroid dienone is 1.